The quantitative estimate of drug-likeness (QED) is 0.673. The highest BCUT2D eigenvalue weighted by atomic mass is 16.6. The van der Waals surface area contributed by atoms with Gasteiger partial charge in [0.05, 0.1) is 19.8 Å². The summed E-state index contributed by atoms with van der Waals surface area (Å²) in [6.07, 6.45) is 0.266. The summed E-state index contributed by atoms with van der Waals surface area (Å²) in [7, 11) is 0. The number of nitrogens with one attached hydrogen (secondary N) is 1. The van der Waals surface area contributed by atoms with Gasteiger partial charge in [-0.15, -0.1) is 0 Å². The Balaban J connectivity index is 2.39. The molecule has 0 aromatic heterocycles. The number of hydrogen-bond acceptors (Lipinski definition) is 4. The lowest BCUT2D eigenvalue weighted by Gasteiger charge is -2.29. The van der Waals surface area contributed by atoms with Crippen LogP contribution in [-0.4, -0.2) is 43.9 Å². The van der Waals surface area contributed by atoms with Gasteiger partial charge in [0.1, 0.15) is 0 Å². The minimum Gasteiger partial charge on any atom is -0.376 e. The molecule has 1 atom stereocenters. The number of carbonyl (C=O) groups excluding carboxylic acids is 1. The van der Waals surface area contributed by atoms with Gasteiger partial charge in [-0.05, 0) is 26.8 Å². The van der Waals surface area contributed by atoms with Gasteiger partial charge in [0, 0.05) is 5.54 Å². The van der Waals surface area contributed by atoms with Gasteiger partial charge in [-0.25, -0.2) is 0 Å². The molecule has 1 saturated heterocycles. The van der Waals surface area contributed by atoms with Crippen LogP contribution in [0.15, 0.2) is 0 Å². The zero-order chi connectivity index (χ0) is 11.3. The summed E-state index contributed by atoms with van der Waals surface area (Å²) < 4.78 is 10.5. The Kier molecular flexibility index (Phi) is 4.50. The fourth-order valence-electron chi connectivity index (χ4n) is 1.48. The Morgan fingerprint density at radius 2 is 2.27 bits per heavy atom. The van der Waals surface area contributed by atoms with Crippen LogP contribution < -0.4 is 11.1 Å². The fraction of sp³-hybridized carbons (Fsp3) is 0.900. The fourth-order valence-corrected chi connectivity index (χ4v) is 1.48. The average molecular weight is 216 g/mol. The first kappa shape index (κ1) is 12.4. The maximum absolute atomic E-state index is 11.7. The Hall–Kier alpha value is -0.650. The van der Waals surface area contributed by atoms with Gasteiger partial charge in [-0.3, -0.25) is 4.79 Å². The van der Waals surface area contributed by atoms with E-state index >= 15 is 0 Å². The van der Waals surface area contributed by atoms with Gasteiger partial charge in [0.2, 0.25) is 0 Å². The minimum absolute atomic E-state index is 0.117. The second-order valence-corrected chi connectivity index (χ2v) is 4.35. The molecular weight excluding hydrogens is 196 g/mol. The molecular formula is C10H20N2O3. The molecule has 5 heteroatoms. The zero-order valence-corrected chi connectivity index (χ0v) is 9.41. The SMILES string of the molecule is CC(C)(CCN)NC(=O)C1COCCO1. The van der Waals surface area contributed by atoms with Gasteiger partial charge in [-0.2, -0.15) is 0 Å². The Labute approximate surface area is 90.3 Å². The van der Waals surface area contributed by atoms with Crippen LogP contribution in [0.3, 0.4) is 0 Å². The van der Waals surface area contributed by atoms with E-state index in [1.165, 1.54) is 0 Å². The lowest BCUT2D eigenvalue weighted by Crippen LogP contribution is -2.51. The molecule has 1 aliphatic rings. The summed E-state index contributed by atoms with van der Waals surface area (Å²) in [5, 5.41) is 2.90. The lowest BCUT2D eigenvalue weighted by molar-refractivity contribution is -0.149. The summed E-state index contributed by atoms with van der Waals surface area (Å²) in [6.45, 7) is 5.83. The molecule has 88 valence electrons. The van der Waals surface area contributed by atoms with Crippen molar-refractivity contribution in [3.8, 4) is 0 Å². The first-order chi connectivity index (χ1) is 7.05. The second kappa shape index (κ2) is 5.44. The van der Waals surface area contributed by atoms with Crippen molar-refractivity contribution in [3.63, 3.8) is 0 Å². The van der Waals surface area contributed by atoms with E-state index in [0.29, 0.717) is 26.4 Å². The molecule has 15 heavy (non-hydrogen) atoms. The zero-order valence-electron chi connectivity index (χ0n) is 9.41. The number of amides is 1. The van der Waals surface area contributed by atoms with E-state index < -0.39 is 6.10 Å². The van der Waals surface area contributed by atoms with Crippen molar-refractivity contribution in [1.29, 1.82) is 0 Å². The predicted octanol–water partition coefficient (Wildman–Crippen LogP) is -0.355. The monoisotopic (exact) mass is 216 g/mol. The third kappa shape index (κ3) is 4.15. The molecule has 0 saturated carbocycles. The molecule has 1 fully saturated rings. The molecule has 1 heterocycles. The highest BCUT2D eigenvalue weighted by Crippen LogP contribution is 2.09. The van der Waals surface area contributed by atoms with Crippen LogP contribution in [-0.2, 0) is 14.3 Å². The molecule has 0 radical (unpaired) electrons. The maximum atomic E-state index is 11.7. The van der Waals surface area contributed by atoms with Crippen molar-refractivity contribution < 1.29 is 14.3 Å². The maximum Gasteiger partial charge on any atom is 0.251 e. The standard InChI is InChI=1S/C10H20N2O3/c1-10(2,3-4-11)12-9(13)8-7-14-5-6-15-8/h8H,3-7,11H2,1-2H3,(H,12,13). The molecule has 1 unspecified atom stereocenters. The van der Waals surface area contributed by atoms with Gasteiger partial charge in [0.15, 0.2) is 6.10 Å². The summed E-state index contributed by atoms with van der Waals surface area (Å²) in [4.78, 5) is 11.7. The first-order valence-electron chi connectivity index (χ1n) is 5.26. The number of ether oxygens (including phenoxy) is 2. The second-order valence-electron chi connectivity index (χ2n) is 4.35. The Bertz CT molecular complexity index is 213. The molecule has 0 aromatic rings. The lowest BCUT2D eigenvalue weighted by atomic mass is 10.0. The van der Waals surface area contributed by atoms with Crippen LogP contribution in [0.1, 0.15) is 20.3 Å². The van der Waals surface area contributed by atoms with E-state index in [4.69, 9.17) is 15.2 Å². The van der Waals surface area contributed by atoms with Crippen molar-refractivity contribution >= 4 is 5.91 Å². The summed E-state index contributed by atoms with van der Waals surface area (Å²) in [5.74, 6) is -0.117. The van der Waals surface area contributed by atoms with Crippen LogP contribution in [0, 0.1) is 0 Å². The highest BCUT2D eigenvalue weighted by Gasteiger charge is 2.27. The van der Waals surface area contributed by atoms with Crippen LogP contribution in [0.4, 0.5) is 0 Å². The molecule has 1 rings (SSSR count). The summed E-state index contributed by atoms with van der Waals surface area (Å²) >= 11 is 0. The largest absolute Gasteiger partial charge is 0.376 e. The number of carbonyl (C=O) groups is 1. The predicted molar refractivity (Wildman–Crippen MR) is 56.5 cm³/mol. The average Bonchev–Trinajstić information content (AvgIpc) is 2.18. The van der Waals surface area contributed by atoms with Crippen LogP contribution in [0.5, 0.6) is 0 Å². The normalized spacial score (nSPS) is 22.5. The molecule has 3 N–H and O–H groups in total. The van der Waals surface area contributed by atoms with Gasteiger partial charge >= 0.3 is 0 Å². The van der Waals surface area contributed by atoms with Gasteiger partial charge < -0.3 is 20.5 Å². The highest BCUT2D eigenvalue weighted by molar-refractivity contribution is 5.81. The van der Waals surface area contributed by atoms with Crippen molar-refractivity contribution in [2.75, 3.05) is 26.4 Å². The van der Waals surface area contributed by atoms with E-state index in [1.807, 2.05) is 13.8 Å². The van der Waals surface area contributed by atoms with E-state index in [-0.39, 0.29) is 11.4 Å². The van der Waals surface area contributed by atoms with Crippen LogP contribution in [0.25, 0.3) is 0 Å². The van der Waals surface area contributed by atoms with E-state index in [2.05, 4.69) is 5.32 Å². The Morgan fingerprint density at radius 1 is 1.53 bits per heavy atom. The molecule has 0 spiro atoms. The van der Waals surface area contributed by atoms with Crippen molar-refractivity contribution in [3.05, 3.63) is 0 Å². The van der Waals surface area contributed by atoms with E-state index in [0.717, 1.165) is 6.42 Å². The van der Waals surface area contributed by atoms with Crippen molar-refractivity contribution in [2.45, 2.75) is 31.9 Å². The minimum atomic E-state index is -0.476. The Morgan fingerprint density at radius 3 is 2.80 bits per heavy atom. The number of nitrogens with two attached hydrogens (primary N) is 1. The topological polar surface area (TPSA) is 73.6 Å². The van der Waals surface area contributed by atoms with Gasteiger partial charge in [-0.1, -0.05) is 0 Å². The summed E-state index contributed by atoms with van der Waals surface area (Å²) in [6, 6.07) is 0. The summed E-state index contributed by atoms with van der Waals surface area (Å²) in [5.41, 5.74) is 5.18. The van der Waals surface area contributed by atoms with Gasteiger partial charge in [0.25, 0.3) is 5.91 Å². The van der Waals surface area contributed by atoms with Crippen molar-refractivity contribution in [2.24, 2.45) is 5.73 Å². The number of hydrogen-bond donors (Lipinski definition) is 2. The molecule has 0 aromatic carbocycles. The molecule has 1 aliphatic heterocycles. The molecule has 0 bridgehead atoms. The molecule has 5 nitrogen and oxygen atoms in total. The number of rotatable bonds is 4. The molecule has 1 amide bonds. The first-order valence-corrected chi connectivity index (χ1v) is 5.26. The third-order valence-electron chi connectivity index (χ3n) is 2.34. The van der Waals surface area contributed by atoms with E-state index in [9.17, 15) is 4.79 Å². The van der Waals surface area contributed by atoms with Crippen LogP contribution in [0.2, 0.25) is 0 Å². The van der Waals surface area contributed by atoms with E-state index in [1.54, 1.807) is 0 Å². The van der Waals surface area contributed by atoms with Crippen LogP contribution >= 0.6 is 0 Å². The smallest absolute Gasteiger partial charge is 0.251 e. The molecule has 0 aliphatic carbocycles. The third-order valence-corrected chi connectivity index (χ3v) is 2.34. The van der Waals surface area contributed by atoms with Crippen molar-refractivity contribution in [1.82, 2.24) is 5.32 Å².